The van der Waals surface area contributed by atoms with E-state index >= 15 is 0 Å². The SMILES string of the molecule is CC(C)C(NC(=O)c1cc(C(=O)O)cc([N+](=O)[O-])c1)c1nc(C2CC2)no1. The first kappa shape index (κ1) is 18.5. The lowest BCUT2D eigenvalue weighted by Crippen LogP contribution is -2.32. The van der Waals surface area contributed by atoms with E-state index in [2.05, 4.69) is 15.5 Å². The molecule has 142 valence electrons. The number of nitrogens with zero attached hydrogens (tertiary/aromatic N) is 3. The fraction of sp³-hybridized carbons (Fsp3) is 0.412. The second-order valence-electron chi connectivity index (χ2n) is 6.79. The van der Waals surface area contributed by atoms with Crippen LogP contribution in [0.5, 0.6) is 0 Å². The molecule has 0 saturated heterocycles. The summed E-state index contributed by atoms with van der Waals surface area (Å²) >= 11 is 0. The van der Waals surface area contributed by atoms with Crippen LogP contribution in [0.2, 0.25) is 0 Å². The first-order valence-electron chi connectivity index (χ1n) is 8.43. The monoisotopic (exact) mass is 374 g/mol. The number of nitro groups is 1. The third-order valence-corrected chi connectivity index (χ3v) is 4.26. The number of carboxylic acid groups (broad SMARTS) is 1. The molecule has 2 aromatic rings. The number of carbonyl (C=O) groups excluding carboxylic acids is 1. The molecule has 1 aromatic heterocycles. The lowest BCUT2D eigenvalue weighted by Gasteiger charge is -2.18. The number of amides is 1. The number of hydrogen-bond donors (Lipinski definition) is 2. The van der Waals surface area contributed by atoms with Gasteiger partial charge in [-0.15, -0.1) is 0 Å². The molecule has 1 heterocycles. The van der Waals surface area contributed by atoms with E-state index in [-0.39, 0.29) is 22.9 Å². The van der Waals surface area contributed by atoms with Gasteiger partial charge in [0.25, 0.3) is 11.6 Å². The molecule has 0 aliphatic heterocycles. The maximum absolute atomic E-state index is 12.6. The van der Waals surface area contributed by atoms with Crippen LogP contribution in [-0.2, 0) is 0 Å². The number of nitro benzene ring substituents is 1. The van der Waals surface area contributed by atoms with Crippen molar-refractivity contribution in [2.24, 2.45) is 5.92 Å². The Balaban J connectivity index is 1.86. The van der Waals surface area contributed by atoms with Crippen molar-refractivity contribution >= 4 is 17.6 Å². The molecule has 1 fully saturated rings. The molecule has 1 aliphatic rings. The number of hydrogen-bond acceptors (Lipinski definition) is 7. The van der Waals surface area contributed by atoms with Crippen molar-refractivity contribution in [2.75, 3.05) is 0 Å². The molecule has 0 radical (unpaired) electrons. The van der Waals surface area contributed by atoms with Gasteiger partial charge < -0.3 is 14.9 Å². The first-order chi connectivity index (χ1) is 12.8. The molecular formula is C17H18N4O6. The number of rotatable bonds is 7. The number of nitrogens with one attached hydrogen (secondary N) is 1. The van der Waals surface area contributed by atoms with Gasteiger partial charge in [-0.1, -0.05) is 19.0 Å². The summed E-state index contributed by atoms with van der Waals surface area (Å²) in [6.45, 7) is 3.70. The molecule has 1 atom stereocenters. The number of aromatic nitrogens is 2. The Morgan fingerprint density at radius 3 is 2.52 bits per heavy atom. The molecule has 10 heteroatoms. The number of non-ortho nitro benzene ring substituents is 1. The van der Waals surface area contributed by atoms with Gasteiger partial charge in [0.05, 0.1) is 10.5 Å². The standard InChI is InChI=1S/C17H18N4O6/c1-8(2)13(16-19-14(20-27-16)9-3-4-9)18-15(22)10-5-11(17(23)24)7-12(6-10)21(25)26/h5-9,13H,3-4H2,1-2H3,(H,18,22)(H,23,24). The maximum Gasteiger partial charge on any atom is 0.335 e. The predicted octanol–water partition coefficient (Wildman–Crippen LogP) is 2.68. The second kappa shape index (κ2) is 7.14. The summed E-state index contributed by atoms with van der Waals surface area (Å²) in [7, 11) is 0. The smallest absolute Gasteiger partial charge is 0.335 e. The maximum atomic E-state index is 12.6. The zero-order valence-corrected chi connectivity index (χ0v) is 14.7. The molecular weight excluding hydrogens is 356 g/mol. The van der Waals surface area contributed by atoms with E-state index in [1.165, 1.54) is 0 Å². The average Bonchev–Trinajstić information content (AvgIpc) is 3.36. The Hall–Kier alpha value is -3.30. The van der Waals surface area contributed by atoms with Crippen molar-refractivity contribution < 1.29 is 24.1 Å². The van der Waals surface area contributed by atoms with Gasteiger partial charge in [-0.25, -0.2) is 4.79 Å². The van der Waals surface area contributed by atoms with Crippen LogP contribution in [0.3, 0.4) is 0 Å². The third kappa shape index (κ3) is 4.10. The quantitative estimate of drug-likeness (QED) is 0.555. The van der Waals surface area contributed by atoms with Gasteiger partial charge in [-0.05, 0) is 24.8 Å². The van der Waals surface area contributed by atoms with Crippen molar-refractivity contribution in [3.05, 3.63) is 51.2 Å². The zero-order valence-electron chi connectivity index (χ0n) is 14.7. The highest BCUT2D eigenvalue weighted by Gasteiger charge is 2.32. The van der Waals surface area contributed by atoms with Gasteiger partial charge in [-0.3, -0.25) is 14.9 Å². The molecule has 27 heavy (non-hydrogen) atoms. The predicted molar refractivity (Wildman–Crippen MR) is 91.4 cm³/mol. The molecule has 10 nitrogen and oxygen atoms in total. The molecule has 1 aromatic carbocycles. The molecule has 0 spiro atoms. The lowest BCUT2D eigenvalue weighted by molar-refractivity contribution is -0.384. The van der Waals surface area contributed by atoms with Gasteiger partial charge >= 0.3 is 5.97 Å². The number of carboxylic acids is 1. The van der Waals surface area contributed by atoms with Crippen molar-refractivity contribution in [1.82, 2.24) is 15.5 Å². The molecule has 1 amide bonds. The Bertz CT molecular complexity index is 870. The lowest BCUT2D eigenvalue weighted by atomic mass is 10.0. The normalized spacial score (nSPS) is 14.8. The van der Waals surface area contributed by atoms with Gasteiger partial charge in [0.1, 0.15) is 6.04 Å². The van der Waals surface area contributed by atoms with E-state index in [4.69, 9.17) is 9.63 Å². The molecule has 3 rings (SSSR count). The van der Waals surface area contributed by atoms with Crippen LogP contribution in [0.1, 0.15) is 71.1 Å². The topological polar surface area (TPSA) is 148 Å². The van der Waals surface area contributed by atoms with Crippen molar-refractivity contribution in [3.63, 3.8) is 0 Å². The van der Waals surface area contributed by atoms with E-state index in [0.717, 1.165) is 31.0 Å². The minimum atomic E-state index is -1.36. The van der Waals surface area contributed by atoms with Gasteiger partial charge in [0, 0.05) is 23.6 Å². The molecule has 1 unspecified atom stereocenters. The first-order valence-corrected chi connectivity index (χ1v) is 8.43. The van der Waals surface area contributed by atoms with Crippen molar-refractivity contribution in [3.8, 4) is 0 Å². The summed E-state index contributed by atoms with van der Waals surface area (Å²) in [6, 6.07) is 2.41. The van der Waals surface area contributed by atoms with Gasteiger partial charge in [0.15, 0.2) is 5.82 Å². The van der Waals surface area contributed by atoms with Crippen LogP contribution < -0.4 is 5.32 Å². The molecule has 1 aliphatic carbocycles. The van der Waals surface area contributed by atoms with E-state index < -0.39 is 28.5 Å². The van der Waals surface area contributed by atoms with Crippen LogP contribution >= 0.6 is 0 Å². The van der Waals surface area contributed by atoms with E-state index in [0.29, 0.717) is 11.7 Å². The number of aromatic carboxylic acids is 1. The fourth-order valence-electron chi connectivity index (χ4n) is 2.59. The molecule has 0 bridgehead atoms. The van der Waals surface area contributed by atoms with Gasteiger partial charge in [0.2, 0.25) is 5.89 Å². The van der Waals surface area contributed by atoms with Crippen molar-refractivity contribution in [1.29, 1.82) is 0 Å². The zero-order chi connectivity index (χ0) is 19.7. The van der Waals surface area contributed by atoms with Crippen molar-refractivity contribution in [2.45, 2.75) is 38.6 Å². The minimum Gasteiger partial charge on any atom is -0.478 e. The van der Waals surface area contributed by atoms with Crippen LogP contribution in [0.15, 0.2) is 22.7 Å². The van der Waals surface area contributed by atoms with E-state index in [1.54, 1.807) is 0 Å². The Kier molecular flexibility index (Phi) is 4.89. The number of carbonyl (C=O) groups is 2. The third-order valence-electron chi connectivity index (χ3n) is 4.26. The Morgan fingerprint density at radius 2 is 1.96 bits per heavy atom. The molecule has 2 N–H and O–H groups in total. The van der Waals surface area contributed by atoms with Gasteiger partial charge in [-0.2, -0.15) is 4.98 Å². The number of benzene rings is 1. The highest BCUT2D eigenvalue weighted by Crippen LogP contribution is 2.38. The highest BCUT2D eigenvalue weighted by molar-refractivity contribution is 5.98. The van der Waals surface area contributed by atoms with E-state index in [1.807, 2.05) is 13.8 Å². The summed E-state index contributed by atoms with van der Waals surface area (Å²) in [5, 5.41) is 26.8. The average molecular weight is 374 g/mol. The van der Waals surface area contributed by atoms with Crippen LogP contribution in [0, 0.1) is 16.0 Å². The van der Waals surface area contributed by atoms with Crippen LogP contribution in [0.4, 0.5) is 5.69 Å². The minimum absolute atomic E-state index is 0.0981. The Labute approximate surface area is 153 Å². The van der Waals surface area contributed by atoms with Crippen LogP contribution in [-0.4, -0.2) is 32.0 Å². The summed E-state index contributed by atoms with van der Waals surface area (Å²) < 4.78 is 5.27. The summed E-state index contributed by atoms with van der Waals surface area (Å²) in [4.78, 5) is 38.4. The largest absolute Gasteiger partial charge is 0.478 e. The van der Waals surface area contributed by atoms with Crippen LogP contribution in [0.25, 0.3) is 0 Å². The fourth-order valence-corrected chi connectivity index (χ4v) is 2.59. The summed E-state index contributed by atoms with van der Waals surface area (Å²) in [5.74, 6) is -0.970. The molecule has 1 saturated carbocycles. The summed E-state index contributed by atoms with van der Waals surface area (Å²) in [6.07, 6.45) is 2.01. The second-order valence-corrected chi connectivity index (χ2v) is 6.79. The van der Waals surface area contributed by atoms with E-state index in [9.17, 15) is 19.7 Å². The summed E-state index contributed by atoms with van der Waals surface area (Å²) in [5.41, 5.74) is -0.951. The Morgan fingerprint density at radius 1 is 1.30 bits per heavy atom. The highest BCUT2D eigenvalue weighted by atomic mass is 16.6.